The van der Waals surface area contributed by atoms with E-state index in [0.717, 1.165) is 0 Å². The molecule has 0 saturated carbocycles. The van der Waals surface area contributed by atoms with Gasteiger partial charge in [-0.2, -0.15) is 0 Å². The molecular formula is C18H36N6O4. The standard InChI is InChI=1S/C18H36N6O4/c1-10(2)8-13(16(26)24-14(17(27)28)9-11(3)4)23-15(25)12(19)6-5-7-22-18(20)21/h10-14H,5-9,19H2,1-4H3,(H,23,25)(H,24,26)(H,27,28)(H4,20,21,22). The van der Waals surface area contributed by atoms with Crippen LogP contribution in [0.4, 0.5) is 0 Å². The third kappa shape index (κ3) is 11.4. The van der Waals surface area contributed by atoms with Gasteiger partial charge in [0.25, 0.3) is 0 Å². The summed E-state index contributed by atoms with van der Waals surface area (Å²) in [5, 5.41) is 24.2. The highest BCUT2D eigenvalue weighted by molar-refractivity contribution is 5.91. The number of carboxylic acid groups (broad SMARTS) is 1. The number of guanidine groups is 1. The Kier molecular flexibility index (Phi) is 11.8. The Labute approximate surface area is 166 Å². The Morgan fingerprint density at radius 2 is 1.46 bits per heavy atom. The van der Waals surface area contributed by atoms with Gasteiger partial charge in [0.2, 0.25) is 11.8 Å². The molecule has 0 aromatic heterocycles. The summed E-state index contributed by atoms with van der Waals surface area (Å²) in [5.41, 5.74) is 11.1. The van der Waals surface area contributed by atoms with Gasteiger partial charge in [-0.3, -0.25) is 15.0 Å². The van der Waals surface area contributed by atoms with Crippen molar-refractivity contribution in [3.05, 3.63) is 0 Å². The number of amides is 2. The fourth-order valence-electron chi connectivity index (χ4n) is 2.62. The number of aliphatic carboxylic acids is 1. The van der Waals surface area contributed by atoms with Gasteiger partial charge in [-0.25, -0.2) is 4.79 Å². The first-order chi connectivity index (χ1) is 12.9. The molecule has 0 radical (unpaired) electrons. The second kappa shape index (κ2) is 12.9. The fraction of sp³-hybridized carbons (Fsp3) is 0.778. The quantitative estimate of drug-likeness (QED) is 0.126. The molecule has 10 heteroatoms. The first-order valence-corrected chi connectivity index (χ1v) is 9.61. The molecular weight excluding hydrogens is 364 g/mol. The van der Waals surface area contributed by atoms with E-state index >= 15 is 0 Å². The van der Waals surface area contributed by atoms with Crippen molar-refractivity contribution in [1.82, 2.24) is 16.0 Å². The molecule has 0 aliphatic heterocycles. The predicted molar refractivity (Wildman–Crippen MR) is 108 cm³/mol. The van der Waals surface area contributed by atoms with Crippen molar-refractivity contribution < 1.29 is 19.5 Å². The summed E-state index contributed by atoms with van der Waals surface area (Å²) in [7, 11) is 0. The first-order valence-electron chi connectivity index (χ1n) is 9.61. The molecule has 162 valence electrons. The van der Waals surface area contributed by atoms with Crippen LogP contribution in [0.5, 0.6) is 0 Å². The van der Waals surface area contributed by atoms with Gasteiger partial charge in [0.1, 0.15) is 12.1 Å². The maximum absolute atomic E-state index is 12.6. The smallest absolute Gasteiger partial charge is 0.326 e. The number of nitrogens with two attached hydrogens (primary N) is 2. The zero-order chi connectivity index (χ0) is 21.9. The van der Waals surface area contributed by atoms with Crippen molar-refractivity contribution in [2.75, 3.05) is 6.54 Å². The molecule has 0 saturated heterocycles. The largest absolute Gasteiger partial charge is 0.480 e. The second-order valence-corrected chi connectivity index (χ2v) is 7.81. The minimum Gasteiger partial charge on any atom is -0.480 e. The Morgan fingerprint density at radius 3 is 1.93 bits per heavy atom. The molecule has 10 nitrogen and oxygen atoms in total. The van der Waals surface area contributed by atoms with E-state index in [9.17, 15) is 19.5 Å². The molecule has 2 amide bonds. The number of rotatable bonds is 13. The zero-order valence-corrected chi connectivity index (χ0v) is 17.2. The van der Waals surface area contributed by atoms with Gasteiger partial charge < -0.3 is 32.5 Å². The summed E-state index contributed by atoms with van der Waals surface area (Å²) in [6.45, 7) is 7.97. The Morgan fingerprint density at radius 1 is 0.964 bits per heavy atom. The molecule has 28 heavy (non-hydrogen) atoms. The molecule has 0 aromatic rings. The Hall–Kier alpha value is -2.36. The van der Waals surface area contributed by atoms with E-state index in [2.05, 4.69) is 16.0 Å². The first kappa shape index (κ1) is 25.6. The monoisotopic (exact) mass is 400 g/mol. The minimum atomic E-state index is -1.11. The van der Waals surface area contributed by atoms with E-state index in [1.165, 1.54) is 0 Å². The lowest BCUT2D eigenvalue weighted by atomic mass is 10.00. The van der Waals surface area contributed by atoms with Crippen LogP contribution in [0.2, 0.25) is 0 Å². The lowest BCUT2D eigenvalue weighted by Gasteiger charge is -2.24. The van der Waals surface area contributed by atoms with Crippen LogP contribution in [0.1, 0.15) is 53.4 Å². The van der Waals surface area contributed by atoms with Crippen LogP contribution in [0.25, 0.3) is 0 Å². The maximum Gasteiger partial charge on any atom is 0.326 e. The molecule has 0 aliphatic carbocycles. The van der Waals surface area contributed by atoms with Crippen molar-refractivity contribution >= 4 is 23.7 Å². The Balaban J connectivity index is 4.86. The number of hydrogen-bond acceptors (Lipinski definition) is 5. The van der Waals surface area contributed by atoms with Gasteiger partial charge >= 0.3 is 5.97 Å². The van der Waals surface area contributed by atoms with Crippen LogP contribution in [0.15, 0.2) is 0 Å². The number of hydrogen-bond donors (Lipinski definition) is 7. The van der Waals surface area contributed by atoms with Gasteiger partial charge in [-0.1, -0.05) is 27.7 Å². The van der Waals surface area contributed by atoms with Gasteiger partial charge in [-0.05, 0) is 37.5 Å². The van der Waals surface area contributed by atoms with Gasteiger partial charge in [0.05, 0.1) is 6.04 Å². The highest BCUT2D eigenvalue weighted by Gasteiger charge is 2.28. The van der Waals surface area contributed by atoms with Crippen molar-refractivity contribution in [1.29, 1.82) is 5.41 Å². The summed E-state index contributed by atoms with van der Waals surface area (Å²) in [6, 6.07) is -2.68. The van der Waals surface area contributed by atoms with Crippen molar-refractivity contribution in [2.24, 2.45) is 23.3 Å². The maximum atomic E-state index is 12.6. The number of carboxylic acids is 1. The highest BCUT2D eigenvalue weighted by atomic mass is 16.4. The molecule has 9 N–H and O–H groups in total. The minimum absolute atomic E-state index is 0.0940. The number of carbonyl (C=O) groups excluding carboxylic acids is 2. The van der Waals surface area contributed by atoms with E-state index in [4.69, 9.17) is 16.9 Å². The molecule has 0 aliphatic rings. The summed E-state index contributed by atoms with van der Waals surface area (Å²) in [5.74, 6) is -2.05. The molecule has 0 heterocycles. The lowest BCUT2D eigenvalue weighted by Crippen LogP contribution is -2.55. The van der Waals surface area contributed by atoms with Crippen LogP contribution in [-0.2, 0) is 14.4 Å². The van der Waals surface area contributed by atoms with Crippen molar-refractivity contribution in [3.8, 4) is 0 Å². The van der Waals surface area contributed by atoms with Crippen molar-refractivity contribution in [3.63, 3.8) is 0 Å². The molecule has 0 spiro atoms. The van der Waals surface area contributed by atoms with E-state index in [1.54, 1.807) is 0 Å². The summed E-state index contributed by atoms with van der Waals surface area (Å²) in [4.78, 5) is 36.3. The summed E-state index contributed by atoms with van der Waals surface area (Å²) < 4.78 is 0. The topological polar surface area (TPSA) is 183 Å². The van der Waals surface area contributed by atoms with Gasteiger partial charge in [0.15, 0.2) is 5.96 Å². The van der Waals surface area contributed by atoms with E-state index in [0.29, 0.717) is 32.2 Å². The van der Waals surface area contributed by atoms with E-state index in [-0.39, 0.29) is 17.8 Å². The normalized spacial score (nSPS) is 14.2. The van der Waals surface area contributed by atoms with Gasteiger partial charge in [0, 0.05) is 6.54 Å². The van der Waals surface area contributed by atoms with Crippen molar-refractivity contribution in [2.45, 2.75) is 71.5 Å². The van der Waals surface area contributed by atoms with Crippen LogP contribution in [0.3, 0.4) is 0 Å². The van der Waals surface area contributed by atoms with Crippen LogP contribution < -0.4 is 27.4 Å². The highest BCUT2D eigenvalue weighted by Crippen LogP contribution is 2.09. The third-order valence-electron chi connectivity index (χ3n) is 4.01. The van der Waals surface area contributed by atoms with E-state index in [1.807, 2.05) is 27.7 Å². The Bertz CT molecular complexity index is 538. The van der Waals surface area contributed by atoms with Gasteiger partial charge in [-0.15, -0.1) is 0 Å². The average molecular weight is 401 g/mol. The summed E-state index contributed by atoms with van der Waals surface area (Å²) in [6.07, 6.45) is 1.55. The molecule has 0 fully saturated rings. The van der Waals surface area contributed by atoms with Crippen LogP contribution in [-0.4, -0.2) is 53.5 Å². The average Bonchev–Trinajstić information content (AvgIpc) is 2.55. The third-order valence-corrected chi connectivity index (χ3v) is 4.01. The molecule has 3 unspecified atom stereocenters. The molecule has 0 rings (SSSR count). The fourth-order valence-corrected chi connectivity index (χ4v) is 2.62. The summed E-state index contributed by atoms with van der Waals surface area (Å²) >= 11 is 0. The van der Waals surface area contributed by atoms with Crippen LogP contribution in [0, 0.1) is 17.2 Å². The number of nitrogens with one attached hydrogen (secondary N) is 4. The molecule has 0 aromatic carbocycles. The molecule has 0 bridgehead atoms. The SMILES string of the molecule is CC(C)CC(NC(=O)C(CC(C)C)NC(=O)C(N)CCCNC(=N)N)C(=O)O. The predicted octanol–water partition coefficient (Wildman–Crippen LogP) is -0.277. The van der Waals surface area contributed by atoms with Crippen LogP contribution >= 0.6 is 0 Å². The zero-order valence-electron chi connectivity index (χ0n) is 17.2. The second-order valence-electron chi connectivity index (χ2n) is 7.81. The number of carbonyl (C=O) groups is 3. The molecule has 3 atom stereocenters. The lowest BCUT2D eigenvalue weighted by molar-refractivity contribution is -0.142. The van der Waals surface area contributed by atoms with E-state index < -0.39 is 35.9 Å².